The van der Waals surface area contributed by atoms with Crippen molar-refractivity contribution >= 4 is 11.6 Å². The summed E-state index contributed by atoms with van der Waals surface area (Å²) in [5.74, 6) is 0.769. The van der Waals surface area contributed by atoms with Crippen LogP contribution in [0.25, 0.3) is 0 Å². The number of rotatable bonds is 4. The first-order chi connectivity index (χ1) is 8.66. The topological polar surface area (TPSA) is 35.2 Å². The van der Waals surface area contributed by atoms with E-state index in [2.05, 4.69) is 0 Å². The van der Waals surface area contributed by atoms with Gasteiger partial charge in [-0.1, -0.05) is 41.9 Å². The quantitative estimate of drug-likeness (QED) is 0.908. The van der Waals surface area contributed by atoms with Gasteiger partial charge in [-0.3, -0.25) is 0 Å². The monoisotopic (exact) mass is 261 g/mol. The van der Waals surface area contributed by atoms with Crippen LogP contribution < -0.4 is 10.5 Å². The van der Waals surface area contributed by atoms with Crippen LogP contribution in [0.1, 0.15) is 18.6 Å². The zero-order valence-electron chi connectivity index (χ0n) is 10.2. The summed E-state index contributed by atoms with van der Waals surface area (Å²) in [5.41, 5.74) is 7.07. The number of hydrogen-bond acceptors (Lipinski definition) is 2. The third-order valence-corrected chi connectivity index (χ3v) is 2.93. The molecular weight excluding hydrogens is 246 g/mol. The van der Waals surface area contributed by atoms with Crippen molar-refractivity contribution in [2.24, 2.45) is 5.73 Å². The highest BCUT2D eigenvalue weighted by Gasteiger charge is 2.17. The molecular formula is C15H16ClNO. The first kappa shape index (κ1) is 12.9. The van der Waals surface area contributed by atoms with Crippen molar-refractivity contribution in [1.29, 1.82) is 0 Å². The number of hydrogen-bond donors (Lipinski definition) is 1. The van der Waals surface area contributed by atoms with Gasteiger partial charge in [0, 0.05) is 11.1 Å². The molecule has 2 rings (SSSR count). The van der Waals surface area contributed by atoms with E-state index in [0.717, 1.165) is 11.3 Å². The lowest BCUT2D eigenvalue weighted by molar-refractivity contribution is 0.180. The van der Waals surface area contributed by atoms with Gasteiger partial charge in [0.1, 0.15) is 11.9 Å². The van der Waals surface area contributed by atoms with Gasteiger partial charge in [-0.15, -0.1) is 0 Å². The molecule has 0 saturated carbocycles. The Kier molecular flexibility index (Phi) is 4.24. The molecule has 0 aliphatic carbocycles. The smallest absolute Gasteiger partial charge is 0.138 e. The van der Waals surface area contributed by atoms with Crippen molar-refractivity contribution in [3.05, 3.63) is 65.2 Å². The molecule has 2 unspecified atom stereocenters. The Morgan fingerprint density at radius 1 is 1.00 bits per heavy atom. The Labute approximate surface area is 112 Å². The Morgan fingerprint density at radius 3 is 2.17 bits per heavy atom. The SMILES string of the molecule is CC(N)C(Oc1ccc(Cl)cc1)c1ccccc1. The highest BCUT2D eigenvalue weighted by Crippen LogP contribution is 2.25. The first-order valence-electron chi connectivity index (χ1n) is 5.89. The maximum Gasteiger partial charge on any atom is 0.138 e. The van der Waals surface area contributed by atoms with Crippen molar-refractivity contribution in [3.8, 4) is 5.75 Å². The van der Waals surface area contributed by atoms with Gasteiger partial charge in [0.15, 0.2) is 0 Å². The third-order valence-electron chi connectivity index (χ3n) is 2.68. The van der Waals surface area contributed by atoms with Gasteiger partial charge in [-0.05, 0) is 36.8 Å². The summed E-state index contributed by atoms with van der Waals surface area (Å²) in [6.07, 6.45) is -0.160. The molecule has 2 aromatic rings. The predicted octanol–water partition coefficient (Wildman–Crippen LogP) is 3.81. The van der Waals surface area contributed by atoms with Gasteiger partial charge < -0.3 is 10.5 Å². The van der Waals surface area contributed by atoms with E-state index in [1.165, 1.54) is 0 Å². The van der Waals surface area contributed by atoms with Crippen LogP contribution in [0.3, 0.4) is 0 Å². The predicted molar refractivity (Wildman–Crippen MR) is 74.9 cm³/mol. The number of ether oxygens (including phenoxy) is 1. The fourth-order valence-corrected chi connectivity index (χ4v) is 1.91. The van der Waals surface area contributed by atoms with Crippen LogP contribution in [-0.4, -0.2) is 6.04 Å². The van der Waals surface area contributed by atoms with Gasteiger partial charge in [-0.25, -0.2) is 0 Å². The Balaban J connectivity index is 2.19. The van der Waals surface area contributed by atoms with E-state index >= 15 is 0 Å². The highest BCUT2D eigenvalue weighted by molar-refractivity contribution is 6.30. The molecule has 0 amide bonds. The van der Waals surface area contributed by atoms with Crippen molar-refractivity contribution in [2.75, 3.05) is 0 Å². The molecule has 0 aliphatic rings. The number of benzene rings is 2. The average Bonchev–Trinajstić information content (AvgIpc) is 2.38. The summed E-state index contributed by atoms with van der Waals surface area (Å²) in [6.45, 7) is 1.94. The summed E-state index contributed by atoms with van der Waals surface area (Å²) in [6, 6.07) is 17.2. The fourth-order valence-electron chi connectivity index (χ4n) is 1.78. The molecule has 0 saturated heterocycles. The molecule has 0 radical (unpaired) electrons. The summed E-state index contributed by atoms with van der Waals surface area (Å²) in [7, 11) is 0. The van der Waals surface area contributed by atoms with Crippen LogP contribution in [0, 0.1) is 0 Å². The first-order valence-corrected chi connectivity index (χ1v) is 6.27. The van der Waals surface area contributed by atoms with Crippen LogP contribution in [0.2, 0.25) is 5.02 Å². The summed E-state index contributed by atoms with van der Waals surface area (Å²) in [5, 5.41) is 0.694. The fraction of sp³-hybridized carbons (Fsp3) is 0.200. The Morgan fingerprint density at radius 2 is 1.61 bits per heavy atom. The molecule has 2 N–H and O–H groups in total. The minimum Gasteiger partial charge on any atom is -0.484 e. The second-order valence-corrected chi connectivity index (χ2v) is 4.70. The van der Waals surface area contributed by atoms with E-state index < -0.39 is 0 Å². The molecule has 0 spiro atoms. The van der Waals surface area contributed by atoms with E-state index in [9.17, 15) is 0 Å². The number of nitrogens with two attached hydrogens (primary N) is 1. The lowest BCUT2D eigenvalue weighted by Gasteiger charge is -2.23. The normalized spacial score (nSPS) is 13.9. The second-order valence-electron chi connectivity index (χ2n) is 4.26. The molecule has 0 heterocycles. The van der Waals surface area contributed by atoms with Crippen LogP contribution >= 0.6 is 11.6 Å². The molecule has 0 bridgehead atoms. The molecule has 0 aromatic heterocycles. The van der Waals surface area contributed by atoms with Gasteiger partial charge >= 0.3 is 0 Å². The van der Waals surface area contributed by atoms with Gasteiger partial charge in [0.05, 0.1) is 0 Å². The van der Waals surface area contributed by atoms with E-state index in [4.69, 9.17) is 22.1 Å². The van der Waals surface area contributed by atoms with Gasteiger partial charge in [0.2, 0.25) is 0 Å². The van der Waals surface area contributed by atoms with E-state index in [0.29, 0.717) is 5.02 Å². The summed E-state index contributed by atoms with van der Waals surface area (Å²) in [4.78, 5) is 0. The molecule has 94 valence electrons. The Hall–Kier alpha value is -1.51. The van der Waals surface area contributed by atoms with Crippen molar-refractivity contribution in [3.63, 3.8) is 0 Å². The molecule has 3 heteroatoms. The van der Waals surface area contributed by atoms with Crippen molar-refractivity contribution in [2.45, 2.75) is 19.1 Å². The summed E-state index contributed by atoms with van der Waals surface area (Å²) < 4.78 is 5.93. The molecule has 18 heavy (non-hydrogen) atoms. The summed E-state index contributed by atoms with van der Waals surface area (Å²) >= 11 is 5.85. The Bertz CT molecular complexity index is 482. The van der Waals surface area contributed by atoms with E-state index in [1.54, 1.807) is 12.1 Å². The average molecular weight is 262 g/mol. The number of halogens is 1. The van der Waals surface area contributed by atoms with Gasteiger partial charge in [-0.2, -0.15) is 0 Å². The maximum atomic E-state index is 6.00. The molecule has 0 fully saturated rings. The highest BCUT2D eigenvalue weighted by atomic mass is 35.5. The van der Waals surface area contributed by atoms with Crippen molar-refractivity contribution in [1.82, 2.24) is 0 Å². The molecule has 0 aliphatic heterocycles. The third kappa shape index (κ3) is 3.25. The second kappa shape index (κ2) is 5.89. The zero-order chi connectivity index (χ0) is 13.0. The minimum absolute atomic E-state index is 0.0944. The van der Waals surface area contributed by atoms with Crippen LogP contribution in [0.5, 0.6) is 5.75 Å². The lowest BCUT2D eigenvalue weighted by atomic mass is 10.0. The largest absolute Gasteiger partial charge is 0.484 e. The van der Waals surface area contributed by atoms with Crippen molar-refractivity contribution < 1.29 is 4.74 Å². The standard InChI is InChI=1S/C15H16ClNO/c1-11(17)15(12-5-3-2-4-6-12)18-14-9-7-13(16)8-10-14/h2-11,15H,17H2,1H3. The van der Waals surface area contributed by atoms with Crippen LogP contribution in [-0.2, 0) is 0 Å². The van der Waals surface area contributed by atoms with E-state index in [1.807, 2.05) is 49.4 Å². The minimum atomic E-state index is -0.160. The van der Waals surface area contributed by atoms with Crippen LogP contribution in [0.4, 0.5) is 0 Å². The van der Waals surface area contributed by atoms with Gasteiger partial charge in [0.25, 0.3) is 0 Å². The van der Waals surface area contributed by atoms with Crippen LogP contribution in [0.15, 0.2) is 54.6 Å². The lowest BCUT2D eigenvalue weighted by Crippen LogP contribution is -2.28. The maximum absolute atomic E-state index is 6.00. The van der Waals surface area contributed by atoms with E-state index in [-0.39, 0.29) is 12.1 Å². The molecule has 2 aromatic carbocycles. The molecule has 2 nitrogen and oxygen atoms in total. The molecule has 2 atom stereocenters. The zero-order valence-corrected chi connectivity index (χ0v) is 11.0.